The predicted octanol–water partition coefficient (Wildman–Crippen LogP) is 3.24. The second-order valence-corrected chi connectivity index (χ2v) is 6.39. The number of anilines is 1. The van der Waals surface area contributed by atoms with Crippen molar-refractivity contribution in [1.29, 1.82) is 0 Å². The number of nitrogens with two attached hydrogens (primary N) is 1. The molecule has 3 rings (SSSR count). The molecule has 1 unspecified atom stereocenters. The number of benzene rings is 1. The van der Waals surface area contributed by atoms with Crippen molar-refractivity contribution in [3.8, 4) is 0 Å². The first-order valence-corrected chi connectivity index (χ1v) is 7.70. The molecule has 0 bridgehead atoms. The van der Waals surface area contributed by atoms with Crippen LogP contribution in [0.3, 0.4) is 0 Å². The zero-order valence-corrected chi connectivity index (χ0v) is 12.2. The molecule has 0 radical (unpaired) electrons. The zero-order valence-electron chi connectivity index (χ0n) is 11.4. The molecule has 1 aromatic heterocycles. The third kappa shape index (κ3) is 2.31. The van der Waals surface area contributed by atoms with E-state index >= 15 is 0 Å². The lowest BCUT2D eigenvalue weighted by Gasteiger charge is -2.19. The Balaban J connectivity index is 1.75. The fraction of sp³-hybridized carbons (Fsp3) is 0.312. The summed E-state index contributed by atoms with van der Waals surface area (Å²) in [6.07, 6.45) is 1.83. The number of carbonyl (C=O) groups excluding carboxylic acids is 1. The first-order valence-electron chi connectivity index (χ1n) is 6.82. The molecule has 1 fully saturated rings. The van der Waals surface area contributed by atoms with E-state index in [1.807, 2.05) is 42.6 Å². The molecular weight excluding hydrogens is 268 g/mol. The number of thiophene rings is 1. The van der Waals surface area contributed by atoms with Crippen LogP contribution in [0.25, 0.3) is 0 Å². The summed E-state index contributed by atoms with van der Waals surface area (Å²) in [5.41, 5.74) is 7.18. The average Bonchev–Trinajstić information content (AvgIpc) is 3.06. The Labute approximate surface area is 122 Å². The van der Waals surface area contributed by atoms with Gasteiger partial charge in [-0.15, -0.1) is 11.3 Å². The van der Waals surface area contributed by atoms with Crippen LogP contribution in [0.15, 0.2) is 41.8 Å². The van der Waals surface area contributed by atoms with Crippen LogP contribution in [0.1, 0.15) is 36.2 Å². The summed E-state index contributed by atoms with van der Waals surface area (Å²) in [5, 5.41) is 5.17. The van der Waals surface area contributed by atoms with Gasteiger partial charge in [0.05, 0.1) is 11.5 Å². The summed E-state index contributed by atoms with van der Waals surface area (Å²) in [6.45, 7) is 2.03. The van der Waals surface area contributed by atoms with E-state index in [0.29, 0.717) is 0 Å². The zero-order chi connectivity index (χ0) is 14.2. The number of amides is 1. The largest absolute Gasteiger partial charge is 0.399 e. The smallest absolute Gasteiger partial charge is 0.231 e. The first kappa shape index (κ1) is 13.2. The summed E-state index contributed by atoms with van der Waals surface area (Å²) < 4.78 is 0. The number of carbonyl (C=O) groups is 1. The van der Waals surface area contributed by atoms with Gasteiger partial charge in [0.15, 0.2) is 0 Å². The Morgan fingerprint density at radius 1 is 1.30 bits per heavy atom. The maximum absolute atomic E-state index is 12.6. The maximum atomic E-state index is 12.6. The Morgan fingerprint density at radius 2 is 2.00 bits per heavy atom. The van der Waals surface area contributed by atoms with Crippen LogP contribution < -0.4 is 11.1 Å². The molecule has 0 spiro atoms. The van der Waals surface area contributed by atoms with Gasteiger partial charge in [-0.3, -0.25) is 4.79 Å². The number of hydrogen-bond acceptors (Lipinski definition) is 3. The molecule has 1 heterocycles. The standard InChI is InChI=1S/C16H18N2OS/c1-11(14-3-2-10-20-14)18-15(19)16(8-9-16)12-4-6-13(17)7-5-12/h2-7,10-11H,8-9,17H2,1H3,(H,18,19). The molecule has 2 aromatic rings. The molecule has 4 heteroatoms. The Hall–Kier alpha value is -1.81. The van der Waals surface area contributed by atoms with Crippen molar-refractivity contribution in [3.63, 3.8) is 0 Å². The van der Waals surface area contributed by atoms with Crippen molar-refractivity contribution >= 4 is 22.9 Å². The van der Waals surface area contributed by atoms with Gasteiger partial charge < -0.3 is 11.1 Å². The van der Waals surface area contributed by atoms with Gasteiger partial charge >= 0.3 is 0 Å². The molecule has 1 aliphatic carbocycles. The quantitative estimate of drug-likeness (QED) is 0.848. The highest BCUT2D eigenvalue weighted by molar-refractivity contribution is 7.10. The molecule has 1 aliphatic rings. The third-order valence-corrected chi connectivity index (χ3v) is 5.02. The number of rotatable bonds is 4. The van der Waals surface area contributed by atoms with E-state index in [-0.39, 0.29) is 17.4 Å². The maximum Gasteiger partial charge on any atom is 0.231 e. The minimum atomic E-state index is -0.334. The number of nitrogen functional groups attached to an aromatic ring is 1. The van der Waals surface area contributed by atoms with Crippen LogP contribution in [-0.2, 0) is 10.2 Å². The molecule has 1 amide bonds. The van der Waals surface area contributed by atoms with Gasteiger partial charge in [0.2, 0.25) is 5.91 Å². The number of nitrogens with one attached hydrogen (secondary N) is 1. The van der Waals surface area contributed by atoms with Gasteiger partial charge in [-0.25, -0.2) is 0 Å². The Morgan fingerprint density at radius 3 is 2.55 bits per heavy atom. The fourth-order valence-electron chi connectivity index (χ4n) is 2.52. The van der Waals surface area contributed by atoms with E-state index in [1.165, 1.54) is 4.88 Å². The average molecular weight is 286 g/mol. The molecule has 1 aromatic carbocycles. The van der Waals surface area contributed by atoms with Crippen molar-refractivity contribution in [3.05, 3.63) is 52.2 Å². The highest BCUT2D eigenvalue weighted by Gasteiger charge is 2.51. The molecule has 104 valence electrons. The molecule has 20 heavy (non-hydrogen) atoms. The molecule has 3 nitrogen and oxygen atoms in total. The minimum Gasteiger partial charge on any atom is -0.399 e. The summed E-state index contributed by atoms with van der Waals surface area (Å²) in [7, 11) is 0. The van der Waals surface area contributed by atoms with Crippen LogP contribution in [0.5, 0.6) is 0 Å². The molecule has 0 aliphatic heterocycles. The molecule has 1 atom stereocenters. The van der Waals surface area contributed by atoms with Crippen LogP contribution in [0, 0.1) is 0 Å². The van der Waals surface area contributed by atoms with E-state index in [0.717, 1.165) is 24.1 Å². The highest BCUT2D eigenvalue weighted by atomic mass is 32.1. The van der Waals surface area contributed by atoms with Crippen molar-refractivity contribution < 1.29 is 4.79 Å². The van der Waals surface area contributed by atoms with E-state index < -0.39 is 0 Å². The molecule has 3 N–H and O–H groups in total. The fourth-order valence-corrected chi connectivity index (χ4v) is 3.25. The van der Waals surface area contributed by atoms with Gasteiger partial charge in [-0.2, -0.15) is 0 Å². The van der Waals surface area contributed by atoms with Crippen LogP contribution in [0.2, 0.25) is 0 Å². The second-order valence-electron chi connectivity index (χ2n) is 5.41. The van der Waals surface area contributed by atoms with Crippen molar-refractivity contribution in [2.45, 2.75) is 31.2 Å². The SMILES string of the molecule is CC(NC(=O)C1(c2ccc(N)cc2)CC1)c1cccs1. The topological polar surface area (TPSA) is 55.1 Å². The van der Waals surface area contributed by atoms with Gasteiger partial charge in [-0.05, 0) is 48.9 Å². The number of hydrogen-bond donors (Lipinski definition) is 2. The van der Waals surface area contributed by atoms with E-state index in [4.69, 9.17) is 5.73 Å². The first-order chi connectivity index (χ1) is 9.62. The summed E-state index contributed by atoms with van der Waals surface area (Å²) >= 11 is 1.67. The van der Waals surface area contributed by atoms with Crippen molar-refractivity contribution in [1.82, 2.24) is 5.32 Å². The van der Waals surface area contributed by atoms with Gasteiger partial charge in [0.1, 0.15) is 0 Å². The van der Waals surface area contributed by atoms with Crippen LogP contribution in [0.4, 0.5) is 5.69 Å². The lowest BCUT2D eigenvalue weighted by molar-refractivity contribution is -0.124. The van der Waals surface area contributed by atoms with Gasteiger partial charge in [0, 0.05) is 10.6 Å². The highest BCUT2D eigenvalue weighted by Crippen LogP contribution is 2.48. The van der Waals surface area contributed by atoms with Crippen molar-refractivity contribution in [2.75, 3.05) is 5.73 Å². The predicted molar refractivity (Wildman–Crippen MR) is 82.6 cm³/mol. The Bertz CT molecular complexity index is 600. The van der Waals surface area contributed by atoms with Gasteiger partial charge in [0.25, 0.3) is 0 Å². The van der Waals surface area contributed by atoms with Crippen LogP contribution >= 0.6 is 11.3 Å². The summed E-state index contributed by atoms with van der Waals surface area (Å²) in [6, 6.07) is 11.8. The molecule has 0 saturated heterocycles. The second kappa shape index (κ2) is 4.94. The lowest BCUT2D eigenvalue weighted by Crippen LogP contribution is -2.36. The summed E-state index contributed by atoms with van der Waals surface area (Å²) in [4.78, 5) is 13.8. The normalized spacial score (nSPS) is 17.4. The van der Waals surface area contributed by atoms with Crippen LogP contribution in [-0.4, -0.2) is 5.91 Å². The van der Waals surface area contributed by atoms with E-state index in [2.05, 4.69) is 11.4 Å². The molecular formula is C16H18N2OS. The Kier molecular flexibility index (Phi) is 3.26. The lowest BCUT2D eigenvalue weighted by atomic mass is 9.94. The van der Waals surface area contributed by atoms with Gasteiger partial charge in [-0.1, -0.05) is 18.2 Å². The van der Waals surface area contributed by atoms with E-state index in [9.17, 15) is 4.79 Å². The summed E-state index contributed by atoms with van der Waals surface area (Å²) in [5.74, 6) is 0.128. The van der Waals surface area contributed by atoms with E-state index in [1.54, 1.807) is 11.3 Å². The monoisotopic (exact) mass is 286 g/mol. The minimum absolute atomic E-state index is 0.0637. The third-order valence-electron chi connectivity index (χ3n) is 3.97. The molecule has 1 saturated carbocycles. The van der Waals surface area contributed by atoms with Crippen molar-refractivity contribution in [2.24, 2.45) is 0 Å².